The zero-order valence-electron chi connectivity index (χ0n) is 16.9. The summed E-state index contributed by atoms with van der Waals surface area (Å²) in [5.74, 6) is 0. The predicted octanol–water partition coefficient (Wildman–Crippen LogP) is 4.65. The van der Waals surface area contributed by atoms with Crippen molar-refractivity contribution in [2.75, 3.05) is 12.0 Å². The van der Waals surface area contributed by atoms with Crippen molar-refractivity contribution in [3.63, 3.8) is 0 Å². The molecule has 0 bridgehead atoms. The van der Waals surface area contributed by atoms with Crippen LogP contribution in [0.2, 0.25) is 5.02 Å². The van der Waals surface area contributed by atoms with Crippen LogP contribution in [-0.2, 0) is 9.84 Å². The van der Waals surface area contributed by atoms with Crippen molar-refractivity contribution >= 4 is 38.0 Å². The fourth-order valence-electron chi connectivity index (χ4n) is 4.44. The number of rotatable bonds is 3. The Hall–Kier alpha value is -2.56. The molecule has 3 aromatic rings. The molecule has 2 heterocycles. The third-order valence-corrected chi connectivity index (χ3v) is 8.24. The van der Waals surface area contributed by atoms with E-state index in [4.69, 9.17) is 17.3 Å². The van der Waals surface area contributed by atoms with Gasteiger partial charge in [0, 0.05) is 46.7 Å². The molecule has 1 fully saturated rings. The lowest BCUT2D eigenvalue weighted by molar-refractivity contribution is 0.360. The van der Waals surface area contributed by atoms with E-state index in [9.17, 15) is 13.7 Å². The van der Waals surface area contributed by atoms with Gasteiger partial charge in [-0.3, -0.25) is 4.98 Å². The Balaban J connectivity index is 1.86. The molecule has 1 aliphatic carbocycles. The van der Waals surface area contributed by atoms with Crippen LogP contribution in [0.3, 0.4) is 0 Å². The lowest BCUT2D eigenvalue weighted by Crippen LogP contribution is -2.27. The maximum atomic E-state index is 11.9. The number of pyridine rings is 1. The minimum atomic E-state index is -3.02. The van der Waals surface area contributed by atoms with Gasteiger partial charge < -0.3 is 10.3 Å². The van der Waals surface area contributed by atoms with Gasteiger partial charge in [0.15, 0.2) is 0 Å². The Kier molecular flexibility index (Phi) is 5.25. The summed E-state index contributed by atoms with van der Waals surface area (Å²) in [5.41, 5.74) is 10.5. The number of sulfone groups is 1. The number of hydrogen-bond donors (Lipinski definition) is 1. The quantitative estimate of drug-likeness (QED) is 0.636. The third kappa shape index (κ3) is 3.55. The molecule has 1 aliphatic rings. The molecule has 6 nitrogen and oxygen atoms in total. The number of nitrogen functional groups attached to an aromatic ring is 1. The smallest absolute Gasteiger partial charge is 0.150 e. The highest BCUT2D eigenvalue weighted by Gasteiger charge is 2.30. The number of hydrogen-bond acceptors (Lipinski definition) is 5. The van der Waals surface area contributed by atoms with E-state index in [0.29, 0.717) is 29.1 Å². The first-order valence-electron chi connectivity index (χ1n) is 9.84. The Bertz CT molecular complexity index is 1280. The minimum absolute atomic E-state index is 0.180. The molecule has 2 aromatic heterocycles. The van der Waals surface area contributed by atoms with Gasteiger partial charge in [-0.05, 0) is 50.3 Å². The van der Waals surface area contributed by atoms with Crippen LogP contribution in [0.25, 0.3) is 22.0 Å². The molecular weight excluding hydrogens is 420 g/mol. The summed E-state index contributed by atoms with van der Waals surface area (Å²) in [6, 6.07) is 6.34. The lowest BCUT2D eigenvalue weighted by Gasteiger charge is -2.29. The van der Waals surface area contributed by atoms with E-state index < -0.39 is 9.84 Å². The predicted molar refractivity (Wildman–Crippen MR) is 120 cm³/mol. The number of fused-ring (bicyclic) bond motifs is 1. The van der Waals surface area contributed by atoms with Gasteiger partial charge in [0.25, 0.3) is 0 Å². The highest BCUT2D eigenvalue weighted by atomic mass is 35.5. The van der Waals surface area contributed by atoms with E-state index in [1.165, 1.54) is 12.5 Å². The second-order valence-electron chi connectivity index (χ2n) is 8.10. The van der Waals surface area contributed by atoms with Crippen LogP contribution in [0.15, 0.2) is 30.7 Å². The fourth-order valence-corrected chi connectivity index (χ4v) is 5.77. The SMILES string of the molecule is Cc1cc2c(cc1C#N)c(-c1cncc(N)c1Cl)cn2[C@H]1CC[C@H](S(C)(=O)=O)CC1. The minimum Gasteiger partial charge on any atom is -0.396 e. The molecular formula is C22H23ClN4O2S. The zero-order valence-corrected chi connectivity index (χ0v) is 18.5. The van der Waals surface area contributed by atoms with E-state index in [0.717, 1.165) is 40.4 Å². The van der Waals surface area contributed by atoms with Gasteiger partial charge in [0.05, 0.1) is 33.8 Å². The molecule has 1 saturated carbocycles. The molecule has 0 radical (unpaired) electrons. The highest BCUT2D eigenvalue weighted by Crippen LogP contribution is 2.41. The van der Waals surface area contributed by atoms with E-state index in [1.54, 1.807) is 6.20 Å². The van der Waals surface area contributed by atoms with Crippen LogP contribution in [0.1, 0.15) is 42.9 Å². The number of aromatic nitrogens is 2. The molecule has 30 heavy (non-hydrogen) atoms. The molecule has 0 spiro atoms. The molecule has 4 rings (SSSR count). The van der Waals surface area contributed by atoms with E-state index >= 15 is 0 Å². The van der Waals surface area contributed by atoms with Crippen LogP contribution in [0, 0.1) is 18.3 Å². The Morgan fingerprint density at radius 1 is 1.20 bits per heavy atom. The van der Waals surface area contributed by atoms with Crippen molar-refractivity contribution < 1.29 is 8.42 Å². The Labute approximate surface area is 181 Å². The van der Waals surface area contributed by atoms with Gasteiger partial charge in [-0.25, -0.2) is 8.42 Å². The van der Waals surface area contributed by atoms with Crippen molar-refractivity contribution in [1.29, 1.82) is 5.26 Å². The maximum Gasteiger partial charge on any atom is 0.150 e. The van der Waals surface area contributed by atoms with Crippen LogP contribution in [0.5, 0.6) is 0 Å². The molecule has 0 atom stereocenters. The monoisotopic (exact) mass is 442 g/mol. The second kappa shape index (κ2) is 7.60. The highest BCUT2D eigenvalue weighted by molar-refractivity contribution is 7.91. The molecule has 0 unspecified atom stereocenters. The number of nitrogens with zero attached hydrogens (tertiary/aromatic N) is 3. The topological polar surface area (TPSA) is 102 Å². The molecule has 156 valence electrons. The molecule has 2 N–H and O–H groups in total. The first-order chi connectivity index (χ1) is 14.2. The normalized spacial score (nSPS) is 19.7. The van der Waals surface area contributed by atoms with Crippen molar-refractivity contribution in [1.82, 2.24) is 9.55 Å². The molecule has 0 amide bonds. The number of halogens is 1. The average Bonchev–Trinajstić information content (AvgIpc) is 3.07. The second-order valence-corrected chi connectivity index (χ2v) is 10.8. The zero-order chi connectivity index (χ0) is 21.6. The number of anilines is 1. The van der Waals surface area contributed by atoms with Crippen molar-refractivity contribution in [3.8, 4) is 17.2 Å². The molecule has 1 aromatic carbocycles. The molecule has 0 saturated heterocycles. The van der Waals surface area contributed by atoms with E-state index in [1.807, 2.05) is 25.3 Å². The largest absolute Gasteiger partial charge is 0.396 e. The number of benzene rings is 1. The maximum absolute atomic E-state index is 11.9. The summed E-state index contributed by atoms with van der Waals surface area (Å²) >= 11 is 6.49. The Morgan fingerprint density at radius 3 is 2.53 bits per heavy atom. The number of aryl methyl sites for hydroxylation is 1. The standard InChI is InChI=1S/C22H23ClN4O2S/c1-13-7-21-17(8-14(13)9-24)19(18-10-26-11-20(25)22(18)23)12-27(21)15-3-5-16(6-4-15)30(2,28)29/h7-8,10-12,15-16H,3-6,25H2,1-2H3/t15-,16-. The molecule has 0 aliphatic heterocycles. The number of nitriles is 1. The van der Waals surface area contributed by atoms with Crippen LogP contribution < -0.4 is 5.73 Å². The van der Waals surface area contributed by atoms with Crippen LogP contribution in [-0.4, -0.2) is 29.5 Å². The van der Waals surface area contributed by atoms with Crippen molar-refractivity contribution in [2.45, 2.75) is 43.9 Å². The summed E-state index contributed by atoms with van der Waals surface area (Å²) in [5, 5.41) is 10.6. The fraction of sp³-hybridized carbons (Fsp3) is 0.364. The first-order valence-corrected chi connectivity index (χ1v) is 12.2. The summed E-state index contributed by atoms with van der Waals surface area (Å²) in [6.45, 7) is 1.92. The summed E-state index contributed by atoms with van der Waals surface area (Å²) in [6.07, 6.45) is 9.42. The third-order valence-electron chi connectivity index (χ3n) is 6.14. The lowest BCUT2D eigenvalue weighted by atomic mass is 9.94. The van der Waals surface area contributed by atoms with Crippen LogP contribution in [0.4, 0.5) is 5.69 Å². The first kappa shape index (κ1) is 20.7. The summed E-state index contributed by atoms with van der Waals surface area (Å²) < 4.78 is 26.1. The van der Waals surface area contributed by atoms with Crippen molar-refractivity contribution in [2.24, 2.45) is 0 Å². The summed E-state index contributed by atoms with van der Waals surface area (Å²) in [7, 11) is -3.02. The van der Waals surface area contributed by atoms with Gasteiger partial charge in [-0.15, -0.1) is 0 Å². The van der Waals surface area contributed by atoms with Crippen molar-refractivity contribution in [3.05, 3.63) is 46.9 Å². The molecule has 8 heteroatoms. The van der Waals surface area contributed by atoms with Gasteiger partial charge >= 0.3 is 0 Å². The van der Waals surface area contributed by atoms with Gasteiger partial charge in [0.1, 0.15) is 9.84 Å². The van der Waals surface area contributed by atoms with E-state index in [2.05, 4.69) is 15.6 Å². The van der Waals surface area contributed by atoms with Crippen LogP contribution >= 0.6 is 11.6 Å². The average molecular weight is 443 g/mol. The van der Waals surface area contributed by atoms with E-state index in [-0.39, 0.29) is 11.3 Å². The van der Waals surface area contributed by atoms with Gasteiger partial charge in [0.2, 0.25) is 0 Å². The summed E-state index contributed by atoms with van der Waals surface area (Å²) in [4.78, 5) is 4.20. The van der Waals surface area contributed by atoms with Gasteiger partial charge in [-0.1, -0.05) is 11.6 Å². The van der Waals surface area contributed by atoms with Gasteiger partial charge in [-0.2, -0.15) is 5.26 Å². The Morgan fingerprint density at radius 2 is 1.90 bits per heavy atom. The number of nitrogens with two attached hydrogens (primary N) is 1.